The molecule has 0 bridgehead atoms. The van der Waals surface area contributed by atoms with Gasteiger partial charge in [0.05, 0.1) is 10.7 Å². The number of aliphatic carboxylic acids is 1. The normalized spacial score (nSPS) is 26.0. The van der Waals surface area contributed by atoms with Gasteiger partial charge in [-0.25, -0.2) is 0 Å². The summed E-state index contributed by atoms with van der Waals surface area (Å²) in [6, 6.07) is 8.47. The van der Waals surface area contributed by atoms with Gasteiger partial charge in [-0.3, -0.25) is 9.59 Å². The molecule has 140 valence electrons. The molecular weight excluding hydrogens is 346 g/mol. The monoisotopic (exact) mass is 373 g/mol. The molecule has 2 saturated carbocycles. The van der Waals surface area contributed by atoms with E-state index in [-0.39, 0.29) is 22.0 Å². The van der Waals surface area contributed by atoms with Gasteiger partial charge in [-0.15, -0.1) is 11.8 Å². The van der Waals surface area contributed by atoms with E-state index in [0.717, 1.165) is 58.0 Å². The molecule has 1 amide bonds. The van der Waals surface area contributed by atoms with E-state index < -0.39 is 5.97 Å². The maximum Gasteiger partial charge on any atom is 0.307 e. The number of carboxylic acid groups (broad SMARTS) is 1. The number of aryl methyl sites for hydroxylation is 1. The number of nitrogens with zero attached hydrogens (tertiary/aromatic N) is 1. The molecule has 1 N–H and O–H groups in total. The van der Waals surface area contributed by atoms with Crippen LogP contribution < -0.4 is 0 Å². The first kappa shape index (κ1) is 17.9. The molecule has 0 aromatic heterocycles. The first-order valence-corrected chi connectivity index (χ1v) is 10.5. The lowest BCUT2D eigenvalue weighted by Crippen LogP contribution is -2.49. The van der Waals surface area contributed by atoms with Crippen LogP contribution in [0.1, 0.15) is 50.5 Å². The third kappa shape index (κ3) is 3.15. The number of amides is 1. The van der Waals surface area contributed by atoms with Crippen LogP contribution in [0.25, 0.3) is 0 Å². The SMILES string of the molecule is Cc1ccc(SC2(C(=O)N3CCC4(CC3)CC4C(=O)O)CCCC2)cc1. The fourth-order valence-corrected chi connectivity index (χ4v) is 6.26. The molecule has 3 fully saturated rings. The van der Waals surface area contributed by atoms with E-state index >= 15 is 0 Å². The van der Waals surface area contributed by atoms with Gasteiger partial charge < -0.3 is 10.0 Å². The second-order valence-electron chi connectivity index (χ2n) is 8.37. The van der Waals surface area contributed by atoms with Crippen molar-refractivity contribution in [2.24, 2.45) is 11.3 Å². The minimum Gasteiger partial charge on any atom is -0.481 e. The molecule has 1 aromatic carbocycles. The summed E-state index contributed by atoms with van der Waals surface area (Å²) in [5, 5.41) is 9.26. The molecule has 26 heavy (non-hydrogen) atoms. The Morgan fingerprint density at radius 1 is 1.08 bits per heavy atom. The molecule has 3 aliphatic rings. The lowest BCUT2D eigenvalue weighted by Gasteiger charge is -2.38. The molecule has 5 heteroatoms. The summed E-state index contributed by atoms with van der Waals surface area (Å²) >= 11 is 1.74. The van der Waals surface area contributed by atoms with E-state index in [2.05, 4.69) is 31.2 Å². The number of piperidine rings is 1. The molecule has 1 unspecified atom stereocenters. The number of likely N-dealkylation sites (tertiary alicyclic amines) is 1. The Morgan fingerprint density at radius 2 is 1.69 bits per heavy atom. The molecule has 4 nitrogen and oxygen atoms in total. The minimum atomic E-state index is -0.660. The quantitative estimate of drug-likeness (QED) is 0.863. The Kier molecular flexibility index (Phi) is 4.54. The van der Waals surface area contributed by atoms with E-state index in [9.17, 15) is 14.7 Å². The van der Waals surface area contributed by atoms with Gasteiger partial charge in [0.2, 0.25) is 5.91 Å². The molecule has 2 aliphatic carbocycles. The third-order valence-corrected chi connectivity index (χ3v) is 8.15. The number of rotatable bonds is 4. The van der Waals surface area contributed by atoms with Crippen LogP contribution in [0.15, 0.2) is 29.2 Å². The molecule has 1 saturated heterocycles. The largest absolute Gasteiger partial charge is 0.481 e. The number of hydrogen-bond donors (Lipinski definition) is 1. The van der Waals surface area contributed by atoms with Gasteiger partial charge in [-0.05, 0) is 56.6 Å². The van der Waals surface area contributed by atoms with Crippen molar-refractivity contribution in [3.63, 3.8) is 0 Å². The zero-order chi connectivity index (χ0) is 18.4. The number of carbonyl (C=O) groups excluding carboxylic acids is 1. The predicted octanol–water partition coefficient (Wildman–Crippen LogP) is 4.11. The zero-order valence-corrected chi connectivity index (χ0v) is 16.2. The van der Waals surface area contributed by atoms with E-state index in [4.69, 9.17) is 0 Å². The summed E-state index contributed by atoms with van der Waals surface area (Å²) in [5.74, 6) is -0.558. The van der Waals surface area contributed by atoms with E-state index in [1.165, 1.54) is 10.5 Å². The van der Waals surface area contributed by atoms with Gasteiger partial charge in [0.15, 0.2) is 0 Å². The minimum absolute atomic E-state index is 0.0183. The Labute approximate surface area is 159 Å². The number of carbonyl (C=O) groups is 2. The van der Waals surface area contributed by atoms with Crippen molar-refractivity contribution in [2.45, 2.75) is 61.5 Å². The Bertz CT molecular complexity index is 700. The average Bonchev–Trinajstić information content (AvgIpc) is 3.13. The summed E-state index contributed by atoms with van der Waals surface area (Å²) in [5.41, 5.74) is 1.22. The predicted molar refractivity (Wildman–Crippen MR) is 102 cm³/mol. The number of carboxylic acids is 1. The van der Waals surface area contributed by atoms with Gasteiger partial charge >= 0.3 is 5.97 Å². The van der Waals surface area contributed by atoms with Crippen molar-refractivity contribution < 1.29 is 14.7 Å². The van der Waals surface area contributed by atoms with Crippen molar-refractivity contribution in [1.82, 2.24) is 4.90 Å². The maximum atomic E-state index is 13.4. The Hall–Kier alpha value is -1.49. The smallest absolute Gasteiger partial charge is 0.307 e. The first-order chi connectivity index (χ1) is 12.4. The molecule has 1 aliphatic heterocycles. The summed E-state index contributed by atoms with van der Waals surface area (Å²) < 4.78 is -0.324. The van der Waals surface area contributed by atoms with Crippen LogP contribution in [0.4, 0.5) is 0 Å². The van der Waals surface area contributed by atoms with Gasteiger partial charge in [0, 0.05) is 18.0 Å². The average molecular weight is 374 g/mol. The summed E-state index contributed by atoms with van der Waals surface area (Å²) in [7, 11) is 0. The van der Waals surface area contributed by atoms with Crippen molar-refractivity contribution in [1.29, 1.82) is 0 Å². The lowest BCUT2D eigenvalue weighted by atomic mass is 9.90. The highest BCUT2D eigenvalue weighted by Gasteiger charge is 2.59. The topological polar surface area (TPSA) is 57.6 Å². The lowest BCUT2D eigenvalue weighted by molar-refractivity contribution is -0.140. The van der Waals surface area contributed by atoms with Crippen molar-refractivity contribution >= 4 is 23.6 Å². The zero-order valence-electron chi connectivity index (χ0n) is 15.4. The van der Waals surface area contributed by atoms with Crippen LogP contribution in [-0.2, 0) is 9.59 Å². The van der Waals surface area contributed by atoms with Crippen LogP contribution in [0.3, 0.4) is 0 Å². The van der Waals surface area contributed by atoms with Crippen LogP contribution in [0, 0.1) is 18.3 Å². The number of benzene rings is 1. The summed E-state index contributed by atoms with van der Waals surface area (Å²) in [6.07, 6.45) is 6.62. The molecule has 1 heterocycles. The van der Waals surface area contributed by atoms with Gasteiger partial charge in [0.25, 0.3) is 0 Å². The van der Waals surface area contributed by atoms with E-state index in [1.807, 2.05) is 4.90 Å². The molecule has 0 radical (unpaired) electrons. The Morgan fingerprint density at radius 3 is 2.23 bits per heavy atom. The van der Waals surface area contributed by atoms with Crippen LogP contribution in [0.5, 0.6) is 0 Å². The molecule has 4 rings (SSSR count). The molecular formula is C21H27NO3S. The van der Waals surface area contributed by atoms with Crippen LogP contribution in [-0.4, -0.2) is 39.7 Å². The summed E-state index contributed by atoms with van der Waals surface area (Å²) in [4.78, 5) is 27.9. The fourth-order valence-electron chi connectivity index (χ4n) is 4.83. The standard InChI is InChI=1S/C21H27NO3S/c1-15-4-6-16(7-5-15)26-21(8-2-3-9-21)19(25)22-12-10-20(11-13-22)14-17(20)18(23)24/h4-7,17H,2-3,8-14H2,1H3,(H,23,24). The van der Waals surface area contributed by atoms with E-state index in [1.54, 1.807) is 11.8 Å². The van der Waals surface area contributed by atoms with Crippen LogP contribution in [0.2, 0.25) is 0 Å². The van der Waals surface area contributed by atoms with E-state index in [0.29, 0.717) is 0 Å². The van der Waals surface area contributed by atoms with Crippen LogP contribution >= 0.6 is 11.8 Å². The summed E-state index contributed by atoms with van der Waals surface area (Å²) in [6.45, 7) is 3.52. The van der Waals surface area contributed by atoms with Gasteiger partial charge in [0.1, 0.15) is 0 Å². The highest BCUT2D eigenvalue weighted by Crippen LogP contribution is 2.59. The van der Waals surface area contributed by atoms with Crippen molar-refractivity contribution in [3.05, 3.63) is 29.8 Å². The fraction of sp³-hybridized carbons (Fsp3) is 0.619. The van der Waals surface area contributed by atoms with Crippen molar-refractivity contribution in [2.75, 3.05) is 13.1 Å². The van der Waals surface area contributed by atoms with Gasteiger partial charge in [-0.1, -0.05) is 30.5 Å². The number of thioether (sulfide) groups is 1. The van der Waals surface area contributed by atoms with Crippen molar-refractivity contribution in [3.8, 4) is 0 Å². The molecule has 1 atom stereocenters. The third-order valence-electron chi connectivity index (χ3n) is 6.67. The second kappa shape index (κ2) is 6.59. The van der Waals surface area contributed by atoms with Gasteiger partial charge in [-0.2, -0.15) is 0 Å². The number of hydrogen-bond acceptors (Lipinski definition) is 3. The second-order valence-corrected chi connectivity index (χ2v) is 9.82. The Balaban J connectivity index is 1.45. The maximum absolute atomic E-state index is 13.4. The first-order valence-electron chi connectivity index (χ1n) is 9.72. The highest BCUT2D eigenvalue weighted by atomic mass is 32.2. The highest BCUT2D eigenvalue weighted by molar-refractivity contribution is 8.01. The molecule has 1 spiro atoms. The molecule has 1 aromatic rings.